The van der Waals surface area contributed by atoms with Crippen molar-refractivity contribution in [2.24, 2.45) is 5.41 Å². The van der Waals surface area contributed by atoms with Crippen LogP contribution in [0.15, 0.2) is 71.2 Å². The smallest absolute Gasteiger partial charge is 0.260 e. The molecular formula is C36H39N5O2. The summed E-state index contributed by atoms with van der Waals surface area (Å²) >= 11 is 0. The molecule has 220 valence electrons. The Morgan fingerprint density at radius 1 is 1.00 bits per heavy atom. The highest BCUT2D eigenvalue weighted by molar-refractivity contribution is 6.03. The zero-order valence-corrected chi connectivity index (χ0v) is 25.2. The normalized spacial score (nSPS) is 21.7. The number of carbonyl (C=O) groups excluding carboxylic acids is 1. The molecule has 1 saturated heterocycles. The van der Waals surface area contributed by atoms with Crippen LogP contribution in [0.25, 0.3) is 16.6 Å². The third kappa shape index (κ3) is 4.89. The minimum absolute atomic E-state index is 0.0572. The highest BCUT2D eigenvalue weighted by Crippen LogP contribution is 2.43. The number of ketones is 1. The van der Waals surface area contributed by atoms with Gasteiger partial charge in [0.15, 0.2) is 5.78 Å². The van der Waals surface area contributed by atoms with Gasteiger partial charge in [0, 0.05) is 40.4 Å². The molecule has 0 saturated carbocycles. The van der Waals surface area contributed by atoms with E-state index in [1.165, 1.54) is 24.0 Å². The molecule has 0 spiro atoms. The number of allylic oxidation sites excluding steroid dienone is 2. The topological polar surface area (TPSA) is 88.9 Å². The number of nitrogens with one attached hydrogen (secondary N) is 2. The second kappa shape index (κ2) is 10.9. The molecule has 0 amide bonds. The molecule has 7 nitrogen and oxygen atoms in total. The Labute approximate surface area is 252 Å². The lowest BCUT2D eigenvalue weighted by molar-refractivity contribution is 0.0724. The van der Waals surface area contributed by atoms with Gasteiger partial charge < -0.3 is 10.6 Å². The molecule has 2 unspecified atom stereocenters. The predicted octanol–water partition coefficient (Wildman–Crippen LogP) is 6.97. The number of aromatic nitrogens is 3. The quantitative estimate of drug-likeness (QED) is 0.268. The summed E-state index contributed by atoms with van der Waals surface area (Å²) in [6, 6.07) is 17.8. The number of hydrogen-bond donors (Lipinski definition) is 2. The Morgan fingerprint density at radius 2 is 1.81 bits per heavy atom. The molecule has 2 N–H and O–H groups in total. The first-order valence-electron chi connectivity index (χ1n) is 15.6. The van der Waals surface area contributed by atoms with Crippen molar-refractivity contribution in [2.75, 3.05) is 18.4 Å². The molecule has 7 rings (SSSR count). The van der Waals surface area contributed by atoms with Crippen LogP contribution in [0.2, 0.25) is 0 Å². The van der Waals surface area contributed by atoms with Crippen molar-refractivity contribution in [2.45, 2.75) is 71.3 Å². The van der Waals surface area contributed by atoms with E-state index in [0.29, 0.717) is 29.5 Å². The molecule has 2 atom stereocenters. The number of Topliss-reactive ketones (excluding diaryl/α,β-unsaturated/α-hetero) is 1. The summed E-state index contributed by atoms with van der Waals surface area (Å²) in [4.78, 5) is 38.0. The van der Waals surface area contributed by atoms with Crippen LogP contribution in [0.4, 0.5) is 11.6 Å². The van der Waals surface area contributed by atoms with Crippen LogP contribution < -0.4 is 16.2 Å². The van der Waals surface area contributed by atoms with Crippen molar-refractivity contribution in [1.29, 1.82) is 0 Å². The fraction of sp³-hybridized carbons (Fsp3) is 0.389. The second-order valence-electron chi connectivity index (χ2n) is 13.0. The van der Waals surface area contributed by atoms with Gasteiger partial charge in [-0.3, -0.25) is 14.2 Å². The summed E-state index contributed by atoms with van der Waals surface area (Å²) < 4.78 is 1.81. The van der Waals surface area contributed by atoms with E-state index in [-0.39, 0.29) is 11.3 Å². The largest absolute Gasteiger partial charge is 0.324 e. The van der Waals surface area contributed by atoms with E-state index in [1.54, 1.807) is 0 Å². The van der Waals surface area contributed by atoms with E-state index in [2.05, 4.69) is 46.8 Å². The fourth-order valence-corrected chi connectivity index (χ4v) is 7.34. The Balaban J connectivity index is 1.33. The van der Waals surface area contributed by atoms with E-state index in [0.717, 1.165) is 60.1 Å². The lowest BCUT2D eigenvalue weighted by Gasteiger charge is -2.39. The molecule has 4 aromatic rings. The summed E-state index contributed by atoms with van der Waals surface area (Å²) in [7, 11) is 0. The fourth-order valence-electron chi connectivity index (χ4n) is 7.34. The summed E-state index contributed by atoms with van der Waals surface area (Å²) in [5.41, 5.74) is 6.71. The van der Waals surface area contributed by atoms with Crippen molar-refractivity contribution in [3.8, 4) is 0 Å². The van der Waals surface area contributed by atoms with Crippen LogP contribution in [-0.2, 0) is 6.42 Å². The first kappa shape index (κ1) is 27.7. The number of carbonyl (C=O) groups is 1. The number of pyridine rings is 1. The summed E-state index contributed by atoms with van der Waals surface area (Å²) in [6.45, 7) is 8.16. The standard InChI is InChI=1S/C36H39N5O2/c1-22-8-6-12-28(22)30-18-26-21-38-35(39-27-15-13-23(14-16-27)25-10-7-17-37-20-25)40-33(26)41(34(30)43)31-19-24-9-4-5-11-29(24)32(42)36(31,2)3/h4-5,9,11,13-16,18,21,25,31,37H,6-8,10,12,17,19-20H2,1-3H3,(H,38,39,40). The molecular weight excluding hydrogens is 534 g/mol. The molecule has 1 aliphatic heterocycles. The zero-order valence-electron chi connectivity index (χ0n) is 25.2. The molecule has 0 radical (unpaired) electrons. The lowest BCUT2D eigenvalue weighted by Crippen LogP contribution is -2.44. The number of rotatable bonds is 5. The third-order valence-electron chi connectivity index (χ3n) is 9.93. The van der Waals surface area contributed by atoms with Crippen LogP contribution in [0, 0.1) is 5.41 Å². The first-order valence-corrected chi connectivity index (χ1v) is 15.6. The third-order valence-corrected chi connectivity index (χ3v) is 9.93. The molecule has 43 heavy (non-hydrogen) atoms. The van der Waals surface area contributed by atoms with E-state index in [9.17, 15) is 9.59 Å². The van der Waals surface area contributed by atoms with Crippen LogP contribution in [0.3, 0.4) is 0 Å². The molecule has 0 bridgehead atoms. The van der Waals surface area contributed by atoms with Gasteiger partial charge in [0.25, 0.3) is 5.56 Å². The van der Waals surface area contributed by atoms with Crippen LogP contribution in [0.5, 0.6) is 0 Å². The van der Waals surface area contributed by atoms with Crippen LogP contribution in [0.1, 0.15) is 91.9 Å². The van der Waals surface area contributed by atoms with Gasteiger partial charge in [-0.2, -0.15) is 4.98 Å². The van der Waals surface area contributed by atoms with Gasteiger partial charge in [-0.25, -0.2) is 4.98 Å². The summed E-state index contributed by atoms with van der Waals surface area (Å²) in [5.74, 6) is 1.02. The van der Waals surface area contributed by atoms with E-state index >= 15 is 0 Å². The first-order chi connectivity index (χ1) is 20.8. The Bertz CT molecular complexity index is 1810. The molecule has 7 heteroatoms. The minimum atomic E-state index is -0.800. The van der Waals surface area contributed by atoms with Gasteiger partial charge in [-0.15, -0.1) is 0 Å². The van der Waals surface area contributed by atoms with Crippen molar-refractivity contribution in [3.05, 3.63) is 99.0 Å². The second-order valence-corrected chi connectivity index (χ2v) is 13.0. The van der Waals surface area contributed by atoms with Gasteiger partial charge >= 0.3 is 0 Å². The van der Waals surface area contributed by atoms with E-state index in [4.69, 9.17) is 4.98 Å². The summed E-state index contributed by atoms with van der Waals surface area (Å²) in [5, 5.41) is 7.66. The number of hydrogen-bond acceptors (Lipinski definition) is 6. The van der Waals surface area contributed by atoms with Gasteiger partial charge in [0.1, 0.15) is 5.65 Å². The predicted molar refractivity (Wildman–Crippen MR) is 172 cm³/mol. The number of anilines is 2. The average molecular weight is 574 g/mol. The number of piperidine rings is 1. The molecule has 3 heterocycles. The van der Waals surface area contributed by atoms with Crippen LogP contribution in [-0.4, -0.2) is 33.4 Å². The summed E-state index contributed by atoms with van der Waals surface area (Å²) in [6.07, 6.45) is 7.73. The van der Waals surface area contributed by atoms with Crippen molar-refractivity contribution in [3.63, 3.8) is 0 Å². The van der Waals surface area contributed by atoms with Crippen molar-refractivity contribution >= 4 is 34.0 Å². The zero-order chi connectivity index (χ0) is 29.7. The Kier molecular flexibility index (Phi) is 7.01. The lowest BCUT2D eigenvalue weighted by atomic mass is 9.69. The highest BCUT2D eigenvalue weighted by atomic mass is 16.1. The highest BCUT2D eigenvalue weighted by Gasteiger charge is 2.44. The maximum Gasteiger partial charge on any atom is 0.260 e. The van der Waals surface area contributed by atoms with E-state index < -0.39 is 11.5 Å². The Morgan fingerprint density at radius 3 is 2.56 bits per heavy atom. The number of nitrogens with zero attached hydrogens (tertiary/aromatic N) is 3. The molecule has 2 aromatic carbocycles. The molecule has 2 aromatic heterocycles. The number of benzene rings is 2. The monoisotopic (exact) mass is 573 g/mol. The van der Waals surface area contributed by atoms with Gasteiger partial charge in [0.05, 0.1) is 6.04 Å². The molecule has 3 aliphatic rings. The van der Waals surface area contributed by atoms with Crippen molar-refractivity contribution < 1.29 is 4.79 Å². The minimum Gasteiger partial charge on any atom is -0.324 e. The SMILES string of the molecule is CC1=C(c2cc3cnc(Nc4ccc(C5CCCNC5)cc4)nc3n(C3Cc4ccccc4C(=O)C3(C)C)c2=O)CCC1. The maximum absolute atomic E-state index is 14.5. The van der Waals surface area contributed by atoms with E-state index in [1.807, 2.05) is 54.9 Å². The van der Waals surface area contributed by atoms with Gasteiger partial charge in [0.2, 0.25) is 5.95 Å². The van der Waals surface area contributed by atoms with Crippen molar-refractivity contribution in [1.82, 2.24) is 19.9 Å². The van der Waals surface area contributed by atoms with Gasteiger partial charge in [-0.1, -0.05) is 55.8 Å². The van der Waals surface area contributed by atoms with Gasteiger partial charge in [-0.05, 0) is 92.8 Å². The maximum atomic E-state index is 14.5. The van der Waals surface area contributed by atoms with Crippen LogP contribution >= 0.6 is 0 Å². The Hall–Kier alpha value is -4.10. The molecule has 1 fully saturated rings. The molecule has 2 aliphatic carbocycles. The average Bonchev–Trinajstić information content (AvgIpc) is 3.45. The number of fused-ring (bicyclic) bond motifs is 2.